The maximum absolute atomic E-state index is 10.2. The second-order valence-corrected chi connectivity index (χ2v) is 4.79. The number of methoxy groups -OCH3 is 3. The molecule has 112 valence electrons. The molecule has 0 radical (unpaired) electrons. The van der Waals surface area contributed by atoms with Gasteiger partial charge in [0.1, 0.15) is 23.0 Å². The third-order valence-electron chi connectivity index (χ3n) is 3.71. The Morgan fingerprint density at radius 3 is 2.10 bits per heavy atom. The third kappa shape index (κ3) is 2.61. The SMILES string of the molecule is COc1ccc(O)c(-c2cc(OC)c(C)c(C)c2OC)c1. The normalized spacial score (nSPS) is 10.3. The Kier molecular flexibility index (Phi) is 4.26. The summed E-state index contributed by atoms with van der Waals surface area (Å²) in [5, 5.41) is 10.2. The molecule has 0 atom stereocenters. The van der Waals surface area contributed by atoms with Crippen molar-refractivity contribution >= 4 is 0 Å². The Morgan fingerprint density at radius 2 is 1.52 bits per heavy atom. The number of hydrogen-bond acceptors (Lipinski definition) is 4. The predicted octanol–water partition coefficient (Wildman–Crippen LogP) is 3.70. The number of aromatic hydroxyl groups is 1. The van der Waals surface area contributed by atoms with Gasteiger partial charge < -0.3 is 19.3 Å². The lowest BCUT2D eigenvalue weighted by Gasteiger charge is -2.18. The molecule has 2 aromatic carbocycles. The van der Waals surface area contributed by atoms with E-state index in [1.54, 1.807) is 39.5 Å². The molecule has 0 saturated heterocycles. The Labute approximate surface area is 124 Å². The van der Waals surface area contributed by atoms with E-state index in [1.807, 2.05) is 19.9 Å². The Balaban J connectivity index is 2.76. The van der Waals surface area contributed by atoms with E-state index in [9.17, 15) is 5.11 Å². The fourth-order valence-corrected chi connectivity index (χ4v) is 2.39. The van der Waals surface area contributed by atoms with E-state index in [2.05, 4.69) is 0 Å². The third-order valence-corrected chi connectivity index (χ3v) is 3.71. The van der Waals surface area contributed by atoms with Gasteiger partial charge >= 0.3 is 0 Å². The van der Waals surface area contributed by atoms with Crippen LogP contribution in [0.5, 0.6) is 23.0 Å². The molecule has 0 aliphatic rings. The highest BCUT2D eigenvalue weighted by atomic mass is 16.5. The van der Waals surface area contributed by atoms with E-state index in [1.165, 1.54) is 0 Å². The average molecular weight is 288 g/mol. The predicted molar refractivity (Wildman–Crippen MR) is 82.7 cm³/mol. The van der Waals surface area contributed by atoms with Gasteiger partial charge in [0.2, 0.25) is 0 Å². The molecule has 0 aliphatic carbocycles. The minimum atomic E-state index is 0.166. The van der Waals surface area contributed by atoms with Crippen LogP contribution in [-0.2, 0) is 0 Å². The van der Waals surface area contributed by atoms with Crippen molar-refractivity contribution in [2.45, 2.75) is 13.8 Å². The van der Waals surface area contributed by atoms with Crippen molar-refractivity contribution in [3.8, 4) is 34.1 Å². The topological polar surface area (TPSA) is 47.9 Å². The number of phenolic OH excluding ortho intramolecular Hbond substituents is 1. The number of rotatable bonds is 4. The van der Waals surface area contributed by atoms with Gasteiger partial charge in [-0.1, -0.05) is 0 Å². The molecular weight excluding hydrogens is 268 g/mol. The Bertz CT molecular complexity index is 662. The summed E-state index contributed by atoms with van der Waals surface area (Å²) in [5.41, 5.74) is 3.41. The van der Waals surface area contributed by atoms with Crippen LogP contribution in [-0.4, -0.2) is 26.4 Å². The molecule has 4 nitrogen and oxygen atoms in total. The van der Waals surface area contributed by atoms with Crippen LogP contribution in [0.3, 0.4) is 0 Å². The molecule has 0 saturated carbocycles. The quantitative estimate of drug-likeness (QED) is 0.932. The van der Waals surface area contributed by atoms with Gasteiger partial charge in [-0.3, -0.25) is 0 Å². The number of phenols is 1. The summed E-state index contributed by atoms with van der Waals surface area (Å²) in [6.45, 7) is 3.95. The van der Waals surface area contributed by atoms with Crippen LogP contribution in [0.1, 0.15) is 11.1 Å². The van der Waals surface area contributed by atoms with Crippen LogP contribution < -0.4 is 14.2 Å². The molecule has 2 rings (SSSR count). The molecule has 1 N–H and O–H groups in total. The maximum Gasteiger partial charge on any atom is 0.130 e. The van der Waals surface area contributed by atoms with Gasteiger partial charge in [-0.2, -0.15) is 0 Å². The van der Waals surface area contributed by atoms with Crippen molar-refractivity contribution in [1.29, 1.82) is 0 Å². The number of hydrogen-bond donors (Lipinski definition) is 1. The van der Waals surface area contributed by atoms with Gasteiger partial charge in [-0.05, 0) is 49.2 Å². The zero-order valence-corrected chi connectivity index (χ0v) is 13.0. The molecule has 0 fully saturated rings. The first-order valence-electron chi connectivity index (χ1n) is 6.63. The highest BCUT2D eigenvalue weighted by Crippen LogP contribution is 2.43. The summed E-state index contributed by atoms with van der Waals surface area (Å²) in [5.74, 6) is 2.31. The summed E-state index contributed by atoms with van der Waals surface area (Å²) in [4.78, 5) is 0. The van der Waals surface area contributed by atoms with Crippen molar-refractivity contribution in [1.82, 2.24) is 0 Å². The molecule has 0 bridgehead atoms. The molecule has 0 unspecified atom stereocenters. The van der Waals surface area contributed by atoms with Crippen molar-refractivity contribution in [2.75, 3.05) is 21.3 Å². The lowest BCUT2D eigenvalue weighted by molar-refractivity contribution is 0.398. The molecule has 21 heavy (non-hydrogen) atoms. The van der Waals surface area contributed by atoms with Gasteiger partial charge in [0.15, 0.2) is 0 Å². The monoisotopic (exact) mass is 288 g/mol. The van der Waals surface area contributed by atoms with Crippen molar-refractivity contribution < 1.29 is 19.3 Å². The molecule has 2 aromatic rings. The van der Waals surface area contributed by atoms with Crippen molar-refractivity contribution in [2.24, 2.45) is 0 Å². The second kappa shape index (κ2) is 5.95. The Morgan fingerprint density at radius 1 is 0.810 bits per heavy atom. The van der Waals surface area contributed by atoms with E-state index in [4.69, 9.17) is 14.2 Å². The van der Waals surface area contributed by atoms with E-state index in [-0.39, 0.29) is 5.75 Å². The number of benzene rings is 2. The largest absolute Gasteiger partial charge is 0.507 e. The zero-order valence-electron chi connectivity index (χ0n) is 13.0. The summed E-state index contributed by atoms with van der Waals surface area (Å²) < 4.78 is 16.2. The van der Waals surface area contributed by atoms with Gasteiger partial charge in [-0.15, -0.1) is 0 Å². The molecule has 0 aromatic heterocycles. The van der Waals surface area contributed by atoms with E-state index < -0.39 is 0 Å². The van der Waals surface area contributed by atoms with Gasteiger partial charge in [0.25, 0.3) is 0 Å². The molecule has 0 heterocycles. The highest BCUT2D eigenvalue weighted by Gasteiger charge is 2.18. The highest BCUT2D eigenvalue weighted by molar-refractivity contribution is 5.80. The summed E-state index contributed by atoms with van der Waals surface area (Å²) >= 11 is 0. The first kappa shape index (κ1) is 15.0. The van der Waals surface area contributed by atoms with Crippen LogP contribution >= 0.6 is 0 Å². The fourth-order valence-electron chi connectivity index (χ4n) is 2.39. The van der Waals surface area contributed by atoms with Crippen molar-refractivity contribution in [3.63, 3.8) is 0 Å². The zero-order chi connectivity index (χ0) is 15.6. The lowest BCUT2D eigenvalue weighted by atomic mass is 9.97. The first-order chi connectivity index (χ1) is 10.0. The van der Waals surface area contributed by atoms with E-state index in [0.29, 0.717) is 11.3 Å². The van der Waals surface area contributed by atoms with Gasteiger partial charge in [0.05, 0.1) is 21.3 Å². The van der Waals surface area contributed by atoms with Crippen LogP contribution in [0.4, 0.5) is 0 Å². The van der Waals surface area contributed by atoms with E-state index in [0.717, 1.165) is 28.2 Å². The Hall–Kier alpha value is -2.36. The average Bonchev–Trinajstić information content (AvgIpc) is 2.50. The summed E-state index contributed by atoms with van der Waals surface area (Å²) in [7, 11) is 4.84. The standard InChI is InChI=1S/C17H20O4/c1-10-11(2)17(21-5)14(9-16(10)20-4)13-8-12(19-3)6-7-15(13)18/h6-9,18H,1-5H3. The van der Waals surface area contributed by atoms with Crippen LogP contribution in [0, 0.1) is 13.8 Å². The fraction of sp³-hybridized carbons (Fsp3) is 0.294. The number of ether oxygens (including phenoxy) is 3. The van der Waals surface area contributed by atoms with Crippen molar-refractivity contribution in [3.05, 3.63) is 35.4 Å². The van der Waals surface area contributed by atoms with Gasteiger partial charge in [0, 0.05) is 11.1 Å². The van der Waals surface area contributed by atoms with Crippen LogP contribution in [0.2, 0.25) is 0 Å². The molecule has 4 heteroatoms. The lowest BCUT2D eigenvalue weighted by Crippen LogP contribution is -1.98. The molecule has 0 aliphatic heterocycles. The molecular formula is C17H20O4. The van der Waals surface area contributed by atoms with E-state index >= 15 is 0 Å². The smallest absolute Gasteiger partial charge is 0.130 e. The van der Waals surface area contributed by atoms with Gasteiger partial charge in [-0.25, -0.2) is 0 Å². The molecule has 0 spiro atoms. The maximum atomic E-state index is 10.2. The first-order valence-corrected chi connectivity index (χ1v) is 6.63. The second-order valence-electron chi connectivity index (χ2n) is 4.79. The van der Waals surface area contributed by atoms with Crippen LogP contribution in [0.25, 0.3) is 11.1 Å². The van der Waals surface area contributed by atoms with Crippen LogP contribution in [0.15, 0.2) is 24.3 Å². The molecule has 0 amide bonds. The minimum absolute atomic E-state index is 0.166. The summed E-state index contributed by atoms with van der Waals surface area (Å²) in [6.07, 6.45) is 0. The minimum Gasteiger partial charge on any atom is -0.507 e. The summed E-state index contributed by atoms with van der Waals surface area (Å²) in [6, 6.07) is 6.97.